The predicted molar refractivity (Wildman–Crippen MR) is 117 cm³/mol. The van der Waals surface area contributed by atoms with Crippen LogP contribution in [0.5, 0.6) is 0 Å². The van der Waals surface area contributed by atoms with Crippen molar-refractivity contribution >= 4 is 56.8 Å². The molecule has 30 heavy (non-hydrogen) atoms. The Morgan fingerprint density at radius 3 is 2.70 bits per heavy atom. The molecular formula is C20H20N4O4S2. The van der Waals surface area contributed by atoms with Gasteiger partial charge in [0.15, 0.2) is 0 Å². The highest BCUT2D eigenvalue weighted by Gasteiger charge is 2.26. The third-order valence-electron chi connectivity index (χ3n) is 4.16. The van der Waals surface area contributed by atoms with E-state index in [1.807, 2.05) is 24.3 Å². The summed E-state index contributed by atoms with van der Waals surface area (Å²) < 4.78 is 5.10. The quantitative estimate of drug-likeness (QED) is 0.327. The molecule has 2 amide bonds. The number of rotatable bonds is 7. The van der Waals surface area contributed by atoms with Crippen LogP contribution in [0.2, 0.25) is 0 Å². The second-order valence-corrected chi connectivity index (χ2v) is 8.08. The Labute approximate surface area is 181 Å². The van der Waals surface area contributed by atoms with E-state index in [1.54, 1.807) is 13.8 Å². The average Bonchev–Trinajstić information content (AvgIpc) is 3.07. The summed E-state index contributed by atoms with van der Waals surface area (Å²) in [6.07, 6.45) is 1.46. The highest BCUT2D eigenvalue weighted by Crippen LogP contribution is 2.34. The zero-order valence-corrected chi connectivity index (χ0v) is 18.3. The maximum atomic E-state index is 12.6. The van der Waals surface area contributed by atoms with Gasteiger partial charge < -0.3 is 15.4 Å². The van der Waals surface area contributed by atoms with Gasteiger partial charge in [0.1, 0.15) is 16.4 Å². The lowest BCUT2D eigenvalue weighted by molar-refractivity contribution is -0.113. The number of carbonyl (C=O) groups is 3. The zero-order valence-electron chi connectivity index (χ0n) is 16.6. The van der Waals surface area contributed by atoms with Gasteiger partial charge in [-0.2, -0.15) is 0 Å². The number of fused-ring (bicyclic) bond motifs is 1. The molecule has 0 aliphatic carbocycles. The van der Waals surface area contributed by atoms with Gasteiger partial charge in [-0.25, -0.2) is 14.8 Å². The number of anilines is 1. The van der Waals surface area contributed by atoms with Crippen LogP contribution in [-0.2, 0) is 9.53 Å². The van der Waals surface area contributed by atoms with Crippen molar-refractivity contribution in [3.63, 3.8) is 0 Å². The van der Waals surface area contributed by atoms with Gasteiger partial charge >= 0.3 is 5.97 Å². The van der Waals surface area contributed by atoms with E-state index in [0.29, 0.717) is 20.5 Å². The Hall–Kier alpha value is -2.98. The molecule has 3 aromatic rings. The number of amides is 2. The number of esters is 1. The molecular weight excluding hydrogens is 424 g/mol. The molecule has 0 atom stereocenters. The van der Waals surface area contributed by atoms with Crippen LogP contribution in [0.1, 0.15) is 32.5 Å². The van der Waals surface area contributed by atoms with Gasteiger partial charge in [0.05, 0.1) is 28.3 Å². The van der Waals surface area contributed by atoms with E-state index in [0.717, 1.165) is 22.2 Å². The molecule has 0 saturated heterocycles. The minimum Gasteiger partial charge on any atom is -0.462 e. The van der Waals surface area contributed by atoms with Gasteiger partial charge in [-0.15, -0.1) is 11.3 Å². The van der Waals surface area contributed by atoms with E-state index in [9.17, 15) is 14.4 Å². The van der Waals surface area contributed by atoms with Gasteiger partial charge in [-0.05, 0) is 25.5 Å². The number of carbonyl (C=O) groups excluding carboxylic acids is 3. The fourth-order valence-electron chi connectivity index (χ4n) is 2.77. The molecule has 2 N–H and O–H groups in total. The minimum absolute atomic E-state index is 0.0789. The Morgan fingerprint density at radius 1 is 1.20 bits per heavy atom. The maximum absolute atomic E-state index is 12.6. The molecule has 0 spiro atoms. The Bertz CT molecular complexity index is 1110. The van der Waals surface area contributed by atoms with Crippen LogP contribution in [0.25, 0.3) is 10.9 Å². The molecule has 8 nitrogen and oxygen atoms in total. The SMILES string of the molecule is CCOC(=O)c1c(NC(=O)CSc2ncnc3ccccc23)sc(C(=O)NC)c1C. The first-order valence-electron chi connectivity index (χ1n) is 9.11. The van der Waals surface area contributed by atoms with Crippen molar-refractivity contribution < 1.29 is 19.1 Å². The van der Waals surface area contributed by atoms with Crippen LogP contribution in [0.3, 0.4) is 0 Å². The highest BCUT2D eigenvalue weighted by atomic mass is 32.2. The molecule has 0 bridgehead atoms. The summed E-state index contributed by atoms with van der Waals surface area (Å²) in [6.45, 7) is 3.54. The number of para-hydroxylation sites is 1. The molecule has 3 rings (SSSR count). The molecule has 156 valence electrons. The zero-order chi connectivity index (χ0) is 21.7. The summed E-state index contributed by atoms with van der Waals surface area (Å²) in [6, 6.07) is 7.54. The molecule has 2 aromatic heterocycles. The standard InChI is InChI=1S/C20H20N4O4S2/c1-4-28-20(27)15-11(2)16(17(26)21-3)30-19(15)24-14(25)9-29-18-12-7-5-6-8-13(12)22-10-23-18/h5-8,10H,4,9H2,1-3H3,(H,21,26)(H,24,25). The number of nitrogens with zero attached hydrogens (tertiary/aromatic N) is 2. The van der Waals surface area contributed by atoms with Gasteiger partial charge in [-0.1, -0.05) is 30.0 Å². The molecule has 10 heteroatoms. The van der Waals surface area contributed by atoms with E-state index in [4.69, 9.17) is 4.74 Å². The summed E-state index contributed by atoms with van der Waals surface area (Å²) in [4.78, 5) is 45.9. The number of ether oxygens (including phenoxy) is 1. The minimum atomic E-state index is -0.578. The number of thiophene rings is 1. The van der Waals surface area contributed by atoms with E-state index < -0.39 is 5.97 Å². The number of benzene rings is 1. The average molecular weight is 445 g/mol. The van der Waals surface area contributed by atoms with Crippen molar-refractivity contribution in [2.24, 2.45) is 0 Å². The fourth-order valence-corrected chi connectivity index (χ4v) is 4.72. The molecule has 0 radical (unpaired) electrons. The third kappa shape index (κ3) is 4.60. The molecule has 0 aliphatic rings. The largest absolute Gasteiger partial charge is 0.462 e. The van der Waals surface area contributed by atoms with Crippen molar-refractivity contribution in [3.8, 4) is 0 Å². The molecule has 0 aliphatic heterocycles. The van der Waals surface area contributed by atoms with Gasteiger partial charge in [0.2, 0.25) is 5.91 Å². The summed E-state index contributed by atoms with van der Waals surface area (Å²) in [7, 11) is 1.51. The first kappa shape index (κ1) is 21.7. The Balaban J connectivity index is 1.80. The van der Waals surface area contributed by atoms with Crippen LogP contribution in [0.15, 0.2) is 35.6 Å². The second-order valence-electron chi connectivity index (χ2n) is 6.09. The van der Waals surface area contributed by atoms with Crippen molar-refractivity contribution in [2.45, 2.75) is 18.9 Å². The highest BCUT2D eigenvalue weighted by molar-refractivity contribution is 8.00. The molecule has 0 fully saturated rings. The number of hydrogen-bond acceptors (Lipinski definition) is 8. The molecule has 1 aromatic carbocycles. The van der Waals surface area contributed by atoms with Crippen molar-refractivity contribution in [2.75, 3.05) is 24.7 Å². The first-order chi connectivity index (χ1) is 14.5. The summed E-state index contributed by atoms with van der Waals surface area (Å²) in [5.41, 5.74) is 1.47. The van der Waals surface area contributed by atoms with Gasteiger partial charge in [-0.3, -0.25) is 9.59 Å². The molecule has 2 heterocycles. The molecule has 0 unspecified atom stereocenters. The van der Waals surface area contributed by atoms with E-state index in [1.165, 1.54) is 25.1 Å². The number of aromatic nitrogens is 2. The maximum Gasteiger partial charge on any atom is 0.341 e. The lowest BCUT2D eigenvalue weighted by Crippen LogP contribution is -2.18. The van der Waals surface area contributed by atoms with Crippen LogP contribution in [0, 0.1) is 6.92 Å². The van der Waals surface area contributed by atoms with Gasteiger partial charge in [0.25, 0.3) is 5.91 Å². The van der Waals surface area contributed by atoms with E-state index in [2.05, 4.69) is 20.6 Å². The van der Waals surface area contributed by atoms with Gasteiger partial charge in [0, 0.05) is 12.4 Å². The summed E-state index contributed by atoms with van der Waals surface area (Å²) >= 11 is 2.32. The van der Waals surface area contributed by atoms with Crippen LogP contribution in [-0.4, -0.2) is 47.2 Å². The lowest BCUT2D eigenvalue weighted by Gasteiger charge is -2.07. The van der Waals surface area contributed by atoms with Crippen molar-refractivity contribution in [3.05, 3.63) is 46.6 Å². The predicted octanol–water partition coefficient (Wildman–Crippen LogP) is 3.27. The Kier molecular flexibility index (Phi) is 7.01. The lowest BCUT2D eigenvalue weighted by atomic mass is 10.1. The number of thioether (sulfide) groups is 1. The van der Waals surface area contributed by atoms with Crippen LogP contribution >= 0.6 is 23.1 Å². The number of hydrogen-bond donors (Lipinski definition) is 2. The van der Waals surface area contributed by atoms with Crippen molar-refractivity contribution in [1.29, 1.82) is 0 Å². The van der Waals surface area contributed by atoms with Crippen LogP contribution in [0.4, 0.5) is 5.00 Å². The topological polar surface area (TPSA) is 110 Å². The third-order valence-corrected chi connectivity index (χ3v) is 6.37. The van der Waals surface area contributed by atoms with Crippen LogP contribution < -0.4 is 10.6 Å². The molecule has 0 saturated carbocycles. The Morgan fingerprint density at radius 2 is 1.97 bits per heavy atom. The fraction of sp³-hybridized carbons (Fsp3) is 0.250. The first-order valence-corrected chi connectivity index (χ1v) is 10.9. The second kappa shape index (κ2) is 9.68. The number of nitrogens with one attached hydrogen (secondary N) is 2. The van der Waals surface area contributed by atoms with Crippen molar-refractivity contribution in [1.82, 2.24) is 15.3 Å². The van der Waals surface area contributed by atoms with E-state index in [-0.39, 0.29) is 29.7 Å². The normalized spacial score (nSPS) is 10.6. The monoisotopic (exact) mass is 444 g/mol. The van der Waals surface area contributed by atoms with E-state index >= 15 is 0 Å². The smallest absolute Gasteiger partial charge is 0.341 e. The summed E-state index contributed by atoms with van der Waals surface area (Å²) in [5, 5.41) is 7.13. The summed E-state index contributed by atoms with van der Waals surface area (Å²) in [5.74, 6) is -1.15.